The van der Waals surface area contributed by atoms with Crippen LogP contribution in [0.15, 0.2) is 18.2 Å². The topological polar surface area (TPSA) is 157 Å². The van der Waals surface area contributed by atoms with Gasteiger partial charge >= 0.3 is 0 Å². The van der Waals surface area contributed by atoms with E-state index in [0.29, 0.717) is 19.3 Å². The highest BCUT2D eigenvalue weighted by molar-refractivity contribution is 6.31. The molecule has 0 spiro atoms. The molecular weight excluding hydrogens is 410 g/mol. The number of nitro benzene ring substituents is 1. The Morgan fingerprint density at radius 3 is 2.43 bits per heavy atom. The van der Waals surface area contributed by atoms with Crippen LogP contribution in [0.5, 0.6) is 0 Å². The Balaban J connectivity index is 2.39. The highest BCUT2D eigenvalue weighted by atomic mass is 35.5. The van der Waals surface area contributed by atoms with Gasteiger partial charge in [-0.05, 0) is 18.9 Å². The molecular formula is C20H18ClN5O4. The Labute approximate surface area is 178 Å². The highest BCUT2D eigenvalue weighted by Gasteiger charge is 2.79. The van der Waals surface area contributed by atoms with Gasteiger partial charge in [0, 0.05) is 29.1 Å². The number of non-ortho nitro benzene ring substituents is 1. The van der Waals surface area contributed by atoms with Gasteiger partial charge in [-0.15, -0.1) is 0 Å². The van der Waals surface area contributed by atoms with Gasteiger partial charge in [0.25, 0.3) is 5.69 Å². The summed E-state index contributed by atoms with van der Waals surface area (Å²) in [6.45, 7) is 3.64. The number of nitrogens with zero attached hydrogens (tertiary/aromatic N) is 4. The van der Waals surface area contributed by atoms with Crippen LogP contribution in [0.25, 0.3) is 0 Å². The van der Waals surface area contributed by atoms with Gasteiger partial charge in [0.2, 0.25) is 17.1 Å². The molecule has 154 valence electrons. The summed E-state index contributed by atoms with van der Waals surface area (Å²) in [5.74, 6) is -2.68. The largest absolute Gasteiger partial charge is 0.447 e. The van der Waals surface area contributed by atoms with Gasteiger partial charge in [-0.25, -0.2) is 0 Å². The fourth-order valence-corrected chi connectivity index (χ4v) is 5.01. The van der Waals surface area contributed by atoms with Crippen LogP contribution in [0.1, 0.15) is 44.8 Å². The normalized spacial score (nSPS) is 31.1. The first-order chi connectivity index (χ1) is 14.2. The van der Waals surface area contributed by atoms with Crippen molar-refractivity contribution in [3.63, 3.8) is 0 Å². The Hall–Kier alpha value is -3.19. The zero-order valence-electron chi connectivity index (χ0n) is 16.3. The average molecular weight is 428 g/mol. The van der Waals surface area contributed by atoms with Crippen molar-refractivity contribution in [1.29, 1.82) is 21.2 Å². The van der Waals surface area contributed by atoms with Crippen LogP contribution in [-0.2, 0) is 9.47 Å². The lowest BCUT2D eigenvalue weighted by Gasteiger charge is -2.49. The zero-order valence-corrected chi connectivity index (χ0v) is 17.1. The molecule has 2 bridgehead atoms. The molecule has 0 aromatic heterocycles. The summed E-state index contributed by atoms with van der Waals surface area (Å²) < 4.78 is 12.0. The number of nitrogens with one attached hydrogen (secondary N) is 1. The Kier molecular flexibility index (Phi) is 5.20. The van der Waals surface area contributed by atoms with Gasteiger partial charge < -0.3 is 9.47 Å². The number of hydrogen-bond acceptors (Lipinski definition) is 8. The quantitative estimate of drug-likeness (QED) is 0.538. The molecule has 0 saturated carbocycles. The van der Waals surface area contributed by atoms with Crippen LogP contribution in [0.3, 0.4) is 0 Å². The van der Waals surface area contributed by atoms with E-state index >= 15 is 0 Å². The Morgan fingerprint density at radius 2 is 1.93 bits per heavy atom. The molecule has 0 radical (unpaired) electrons. The van der Waals surface area contributed by atoms with E-state index in [1.165, 1.54) is 12.1 Å². The van der Waals surface area contributed by atoms with Crippen LogP contribution < -0.4 is 0 Å². The molecule has 2 heterocycles. The first-order valence-electron chi connectivity index (χ1n) is 9.37. The van der Waals surface area contributed by atoms with Gasteiger partial charge in [0.15, 0.2) is 5.41 Å². The van der Waals surface area contributed by atoms with Crippen molar-refractivity contribution in [3.05, 3.63) is 38.9 Å². The summed E-state index contributed by atoms with van der Waals surface area (Å²) in [7, 11) is 0. The monoisotopic (exact) mass is 427 g/mol. The van der Waals surface area contributed by atoms with Crippen molar-refractivity contribution in [1.82, 2.24) is 0 Å². The number of nitro groups is 1. The van der Waals surface area contributed by atoms with Crippen molar-refractivity contribution in [2.75, 3.05) is 0 Å². The van der Waals surface area contributed by atoms with E-state index in [1.807, 2.05) is 25.1 Å². The van der Waals surface area contributed by atoms with Gasteiger partial charge in [0.1, 0.15) is 6.10 Å². The molecule has 2 aliphatic rings. The number of ether oxygens (including phenoxy) is 2. The lowest BCUT2D eigenvalue weighted by molar-refractivity contribution is -0.385. The van der Waals surface area contributed by atoms with Crippen molar-refractivity contribution >= 4 is 23.2 Å². The van der Waals surface area contributed by atoms with Crippen molar-refractivity contribution in [3.8, 4) is 18.2 Å². The molecule has 1 N–H and O–H groups in total. The number of hydrogen-bond donors (Lipinski definition) is 1. The number of nitriles is 3. The molecule has 0 aliphatic carbocycles. The first kappa shape index (κ1) is 21.5. The zero-order chi connectivity index (χ0) is 22.3. The minimum Gasteiger partial charge on any atom is -0.447 e. The standard InChI is InChI=1S/C20H18ClN5O4/c1-3-7-20-15(4-2)19(11-24,17(25)30-20)18(9-22,10-23)16(29-20)13-8-12(26(27)28)5-6-14(13)21/h5-6,8,15-16,25H,3-4,7H2,1-2H3. The number of benzene rings is 1. The van der Waals surface area contributed by atoms with E-state index in [2.05, 4.69) is 0 Å². The van der Waals surface area contributed by atoms with E-state index in [1.54, 1.807) is 6.92 Å². The van der Waals surface area contributed by atoms with Crippen LogP contribution in [-0.4, -0.2) is 16.6 Å². The van der Waals surface area contributed by atoms with E-state index in [4.69, 9.17) is 26.5 Å². The van der Waals surface area contributed by atoms with Crippen LogP contribution in [0.4, 0.5) is 5.69 Å². The number of fused-ring (bicyclic) bond motifs is 2. The molecule has 2 saturated heterocycles. The molecule has 4 atom stereocenters. The van der Waals surface area contributed by atoms with Gasteiger partial charge in [0.05, 0.1) is 29.0 Å². The summed E-state index contributed by atoms with van der Waals surface area (Å²) in [5, 5.41) is 50.4. The molecule has 30 heavy (non-hydrogen) atoms. The van der Waals surface area contributed by atoms with Gasteiger partial charge in [-0.2, -0.15) is 15.8 Å². The molecule has 4 unspecified atom stereocenters. The summed E-state index contributed by atoms with van der Waals surface area (Å²) >= 11 is 6.31. The molecule has 0 amide bonds. The summed E-state index contributed by atoms with van der Waals surface area (Å²) in [5.41, 5.74) is -4.40. The fourth-order valence-electron chi connectivity index (χ4n) is 4.79. The van der Waals surface area contributed by atoms with Crippen LogP contribution in [0.2, 0.25) is 5.02 Å². The molecule has 1 aromatic carbocycles. The molecule has 2 aliphatic heterocycles. The minimum absolute atomic E-state index is 0.0296. The second kappa shape index (κ2) is 7.25. The lowest BCUT2D eigenvalue weighted by atomic mass is 9.52. The second-order valence-electron chi connectivity index (χ2n) is 7.37. The number of rotatable bonds is 5. The van der Waals surface area contributed by atoms with Crippen LogP contribution >= 0.6 is 11.6 Å². The fraction of sp³-hybridized carbons (Fsp3) is 0.500. The predicted molar refractivity (Wildman–Crippen MR) is 104 cm³/mol. The van der Waals surface area contributed by atoms with E-state index in [-0.39, 0.29) is 16.3 Å². The SMILES string of the molecule is CCCC12OC(=N)C(C#N)(C1CC)C(C#N)(C#N)C(c1cc([N+](=O)[O-])ccc1Cl)O2. The summed E-state index contributed by atoms with van der Waals surface area (Å²) in [6, 6.07) is 9.46. The Bertz CT molecular complexity index is 1040. The van der Waals surface area contributed by atoms with Crippen molar-refractivity contribution < 1.29 is 14.4 Å². The molecule has 3 rings (SSSR count). The number of halogens is 1. The second-order valence-corrected chi connectivity index (χ2v) is 7.77. The average Bonchev–Trinajstić information content (AvgIpc) is 2.91. The van der Waals surface area contributed by atoms with Crippen molar-refractivity contribution in [2.45, 2.75) is 45.0 Å². The van der Waals surface area contributed by atoms with Crippen LogP contribution in [0, 0.1) is 66.3 Å². The molecule has 9 nitrogen and oxygen atoms in total. The van der Waals surface area contributed by atoms with E-state index in [9.17, 15) is 25.9 Å². The van der Waals surface area contributed by atoms with E-state index in [0.717, 1.165) is 6.07 Å². The smallest absolute Gasteiger partial charge is 0.269 e. The predicted octanol–water partition coefficient (Wildman–Crippen LogP) is 4.39. The molecule has 10 heteroatoms. The molecule has 1 aromatic rings. The minimum atomic E-state index is -2.20. The third-order valence-corrected chi connectivity index (χ3v) is 6.37. The van der Waals surface area contributed by atoms with E-state index < -0.39 is 39.5 Å². The third-order valence-electron chi connectivity index (χ3n) is 6.03. The summed E-state index contributed by atoms with van der Waals surface area (Å²) in [4.78, 5) is 10.7. The van der Waals surface area contributed by atoms with Gasteiger partial charge in [-0.1, -0.05) is 25.4 Å². The van der Waals surface area contributed by atoms with Gasteiger partial charge in [-0.3, -0.25) is 15.5 Å². The lowest BCUT2D eigenvalue weighted by Crippen LogP contribution is -2.59. The highest BCUT2D eigenvalue weighted by Crippen LogP contribution is 2.68. The maximum absolute atomic E-state index is 11.3. The summed E-state index contributed by atoms with van der Waals surface area (Å²) in [6.07, 6.45) is -0.243. The third kappa shape index (κ3) is 2.45. The maximum Gasteiger partial charge on any atom is 0.269 e. The molecule has 2 fully saturated rings. The Morgan fingerprint density at radius 1 is 1.27 bits per heavy atom. The van der Waals surface area contributed by atoms with Crippen molar-refractivity contribution in [2.24, 2.45) is 16.7 Å². The first-order valence-corrected chi connectivity index (χ1v) is 9.74. The maximum atomic E-state index is 11.3.